The second-order valence-electron chi connectivity index (χ2n) is 3.24. The van der Waals surface area contributed by atoms with Gasteiger partial charge in [0.2, 0.25) is 0 Å². The fourth-order valence-electron chi connectivity index (χ4n) is 1.72. The predicted molar refractivity (Wildman–Crippen MR) is 61.4 cm³/mol. The van der Waals surface area contributed by atoms with Gasteiger partial charge in [0.05, 0.1) is 21.3 Å². The molecule has 0 saturated carbocycles. The Labute approximate surface area is 93.8 Å². The van der Waals surface area contributed by atoms with E-state index in [0.29, 0.717) is 11.5 Å². The summed E-state index contributed by atoms with van der Waals surface area (Å²) in [6, 6.07) is 3.69. The fourth-order valence-corrected chi connectivity index (χ4v) is 1.72. The molecule has 0 aliphatic heterocycles. The van der Waals surface area contributed by atoms with Gasteiger partial charge in [-0.3, -0.25) is 4.98 Å². The molecule has 2 aromatic rings. The maximum Gasteiger partial charge on any atom is 0.170 e. The molecule has 0 amide bonds. The predicted octanol–water partition coefficient (Wildman–Crippen LogP) is 2.26. The molecule has 0 saturated heterocycles. The Morgan fingerprint density at radius 1 is 0.938 bits per heavy atom. The van der Waals surface area contributed by atoms with Crippen LogP contribution < -0.4 is 14.2 Å². The Bertz CT molecular complexity index is 511. The van der Waals surface area contributed by atoms with Gasteiger partial charge in [0.25, 0.3) is 0 Å². The minimum Gasteiger partial charge on any atom is -0.496 e. The van der Waals surface area contributed by atoms with Crippen LogP contribution in [-0.4, -0.2) is 26.3 Å². The van der Waals surface area contributed by atoms with Crippen LogP contribution in [0.25, 0.3) is 10.8 Å². The van der Waals surface area contributed by atoms with Crippen LogP contribution in [0, 0.1) is 0 Å². The van der Waals surface area contributed by atoms with Crippen molar-refractivity contribution in [3.05, 3.63) is 24.5 Å². The number of fused-ring (bicyclic) bond motifs is 1. The van der Waals surface area contributed by atoms with Gasteiger partial charge in [-0.15, -0.1) is 0 Å². The molecule has 0 radical (unpaired) electrons. The highest BCUT2D eigenvalue weighted by molar-refractivity contribution is 5.94. The van der Waals surface area contributed by atoms with Crippen LogP contribution in [0.15, 0.2) is 24.5 Å². The summed E-state index contributed by atoms with van der Waals surface area (Å²) < 4.78 is 15.9. The third-order valence-electron chi connectivity index (χ3n) is 2.46. The first-order valence-electron chi connectivity index (χ1n) is 4.84. The number of hydrogen-bond donors (Lipinski definition) is 0. The van der Waals surface area contributed by atoms with Crippen LogP contribution in [0.3, 0.4) is 0 Å². The van der Waals surface area contributed by atoms with Gasteiger partial charge in [-0.2, -0.15) is 0 Å². The topological polar surface area (TPSA) is 40.6 Å². The van der Waals surface area contributed by atoms with Gasteiger partial charge >= 0.3 is 0 Å². The molecule has 0 aliphatic rings. The molecular weight excluding hydrogens is 206 g/mol. The molecule has 2 rings (SSSR count). The molecular formula is C12H13NO3. The summed E-state index contributed by atoms with van der Waals surface area (Å²) in [7, 11) is 4.83. The van der Waals surface area contributed by atoms with E-state index in [1.54, 1.807) is 39.8 Å². The summed E-state index contributed by atoms with van der Waals surface area (Å²) >= 11 is 0. The quantitative estimate of drug-likeness (QED) is 0.794. The molecule has 0 fully saturated rings. The molecule has 16 heavy (non-hydrogen) atoms. The van der Waals surface area contributed by atoms with Crippen LogP contribution in [0.1, 0.15) is 0 Å². The number of nitrogens with zero attached hydrogens (tertiary/aromatic N) is 1. The van der Waals surface area contributed by atoms with Crippen molar-refractivity contribution in [2.75, 3.05) is 21.3 Å². The summed E-state index contributed by atoms with van der Waals surface area (Å²) in [5, 5.41) is 1.83. The second-order valence-corrected chi connectivity index (χ2v) is 3.24. The van der Waals surface area contributed by atoms with Crippen molar-refractivity contribution >= 4 is 10.8 Å². The monoisotopic (exact) mass is 219 g/mol. The highest BCUT2D eigenvalue weighted by Gasteiger charge is 2.13. The van der Waals surface area contributed by atoms with Crippen LogP contribution in [-0.2, 0) is 0 Å². The zero-order valence-corrected chi connectivity index (χ0v) is 9.48. The highest BCUT2D eigenvalue weighted by atomic mass is 16.5. The number of benzene rings is 1. The van der Waals surface area contributed by atoms with Gasteiger partial charge < -0.3 is 14.2 Å². The summed E-state index contributed by atoms with van der Waals surface area (Å²) in [4.78, 5) is 4.08. The number of hydrogen-bond acceptors (Lipinski definition) is 4. The van der Waals surface area contributed by atoms with E-state index >= 15 is 0 Å². The first-order chi connectivity index (χ1) is 7.81. The average Bonchev–Trinajstić information content (AvgIpc) is 2.36. The molecule has 0 N–H and O–H groups in total. The van der Waals surface area contributed by atoms with E-state index in [0.717, 1.165) is 16.5 Å². The lowest BCUT2D eigenvalue weighted by Gasteiger charge is -2.13. The molecule has 84 valence electrons. The summed E-state index contributed by atoms with van der Waals surface area (Å²) in [5.41, 5.74) is 0. The first-order valence-corrected chi connectivity index (χ1v) is 4.84. The number of rotatable bonds is 3. The van der Waals surface area contributed by atoms with E-state index < -0.39 is 0 Å². The highest BCUT2D eigenvalue weighted by Crippen LogP contribution is 2.40. The Hall–Kier alpha value is -1.97. The van der Waals surface area contributed by atoms with Gasteiger partial charge in [-0.05, 0) is 6.07 Å². The molecule has 1 heterocycles. The Balaban J connectivity index is 2.83. The average molecular weight is 219 g/mol. The molecule has 0 atom stereocenters. The van der Waals surface area contributed by atoms with Gasteiger partial charge in [0.15, 0.2) is 11.5 Å². The third-order valence-corrected chi connectivity index (χ3v) is 2.46. The van der Waals surface area contributed by atoms with Crippen molar-refractivity contribution in [1.29, 1.82) is 0 Å². The van der Waals surface area contributed by atoms with E-state index in [4.69, 9.17) is 14.2 Å². The summed E-state index contributed by atoms with van der Waals surface area (Å²) in [5.74, 6) is 2.06. The minimum absolute atomic E-state index is 0.639. The zero-order valence-electron chi connectivity index (χ0n) is 9.48. The zero-order chi connectivity index (χ0) is 11.5. The van der Waals surface area contributed by atoms with Crippen LogP contribution in [0.5, 0.6) is 17.2 Å². The Kier molecular flexibility index (Phi) is 2.81. The van der Waals surface area contributed by atoms with Gasteiger partial charge in [0.1, 0.15) is 5.75 Å². The summed E-state index contributed by atoms with van der Waals surface area (Å²) in [6.45, 7) is 0. The molecule has 0 bridgehead atoms. The molecule has 1 aromatic heterocycles. The Morgan fingerprint density at radius 3 is 2.31 bits per heavy atom. The van der Waals surface area contributed by atoms with Crippen molar-refractivity contribution in [2.45, 2.75) is 0 Å². The van der Waals surface area contributed by atoms with E-state index in [1.807, 2.05) is 6.07 Å². The van der Waals surface area contributed by atoms with Crippen LogP contribution in [0.4, 0.5) is 0 Å². The fraction of sp³-hybridized carbons (Fsp3) is 0.250. The normalized spacial score (nSPS) is 10.2. The maximum absolute atomic E-state index is 5.33. The largest absolute Gasteiger partial charge is 0.496 e. The number of methoxy groups -OCH3 is 3. The van der Waals surface area contributed by atoms with Crippen LogP contribution in [0.2, 0.25) is 0 Å². The van der Waals surface area contributed by atoms with Gasteiger partial charge in [-0.25, -0.2) is 0 Å². The van der Waals surface area contributed by atoms with E-state index in [2.05, 4.69) is 4.98 Å². The van der Waals surface area contributed by atoms with Crippen molar-refractivity contribution in [3.8, 4) is 17.2 Å². The third kappa shape index (κ3) is 1.52. The molecule has 4 nitrogen and oxygen atoms in total. The number of ether oxygens (including phenoxy) is 3. The molecule has 0 aliphatic carbocycles. The van der Waals surface area contributed by atoms with Crippen molar-refractivity contribution in [2.24, 2.45) is 0 Å². The van der Waals surface area contributed by atoms with Crippen molar-refractivity contribution < 1.29 is 14.2 Å². The maximum atomic E-state index is 5.33. The second kappa shape index (κ2) is 4.26. The molecule has 0 spiro atoms. The number of aromatic nitrogens is 1. The minimum atomic E-state index is 0.639. The lowest BCUT2D eigenvalue weighted by molar-refractivity contribution is 0.353. The SMILES string of the molecule is COc1cc(OC)c2ccncc2c1OC. The van der Waals surface area contributed by atoms with Crippen molar-refractivity contribution in [3.63, 3.8) is 0 Å². The molecule has 0 unspecified atom stereocenters. The number of pyridine rings is 1. The summed E-state index contributed by atoms with van der Waals surface area (Å²) in [6.07, 6.45) is 3.45. The lowest BCUT2D eigenvalue weighted by atomic mass is 10.1. The first kappa shape index (κ1) is 10.5. The van der Waals surface area contributed by atoms with E-state index in [1.165, 1.54) is 0 Å². The Morgan fingerprint density at radius 2 is 1.69 bits per heavy atom. The lowest BCUT2D eigenvalue weighted by Crippen LogP contribution is -1.94. The van der Waals surface area contributed by atoms with E-state index in [-0.39, 0.29) is 0 Å². The van der Waals surface area contributed by atoms with Gasteiger partial charge in [0, 0.05) is 29.2 Å². The van der Waals surface area contributed by atoms with Crippen LogP contribution >= 0.6 is 0 Å². The molecule has 1 aromatic carbocycles. The molecule has 4 heteroatoms. The van der Waals surface area contributed by atoms with Gasteiger partial charge in [-0.1, -0.05) is 0 Å². The van der Waals surface area contributed by atoms with Crippen molar-refractivity contribution in [1.82, 2.24) is 4.98 Å². The standard InChI is InChI=1S/C12H13NO3/c1-14-10-6-11(15-2)12(16-3)9-7-13-5-4-8(9)10/h4-7H,1-3H3. The smallest absolute Gasteiger partial charge is 0.170 e. The van der Waals surface area contributed by atoms with E-state index in [9.17, 15) is 0 Å².